The zero-order valence-corrected chi connectivity index (χ0v) is 14.3. The van der Waals surface area contributed by atoms with Crippen LogP contribution in [0.4, 0.5) is 0 Å². The summed E-state index contributed by atoms with van der Waals surface area (Å²) in [7, 11) is 3.21. The Morgan fingerprint density at radius 2 is 1.86 bits per heavy atom. The number of ether oxygens (including phenoxy) is 2. The predicted molar refractivity (Wildman–Crippen MR) is 88.7 cm³/mol. The van der Waals surface area contributed by atoms with Crippen molar-refractivity contribution < 1.29 is 9.47 Å². The Morgan fingerprint density at radius 3 is 2.43 bits per heavy atom. The fourth-order valence-corrected chi connectivity index (χ4v) is 2.56. The number of benzene rings is 1. The topological polar surface area (TPSA) is 33.7 Å². The first-order valence-corrected chi connectivity index (χ1v) is 7.88. The van der Waals surface area contributed by atoms with Crippen LogP contribution in [-0.4, -0.2) is 45.3 Å². The highest BCUT2D eigenvalue weighted by atomic mass is 35.5. The van der Waals surface area contributed by atoms with Crippen LogP contribution in [0.2, 0.25) is 5.02 Å². The summed E-state index contributed by atoms with van der Waals surface area (Å²) in [6.07, 6.45) is 1.13. The molecule has 1 N–H and O–H groups in total. The molecule has 0 aliphatic heterocycles. The number of hydrogen-bond donors (Lipinski definition) is 1. The van der Waals surface area contributed by atoms with E-state index in [2.05, 4.69) is 24.1 Å². The molecule has 5 heteroatoms. The molecule has 0 heterocycles. The second-order valence-electron chi connectivity index (χ2n) is 4.83. The zero-order chi connectivity index (χ0) is 15.7. The minimum Gasteiger partial charge on any atom is -0.493 e. The van der Waals surface area contributed by atoms with Crippen LogP contribution in [0.1, 0.15) is 25.8 Å². The van der Waals surface area contributed by atoms with Crippen molar-refractivity contribution in [2.45, 2.75) is 26.8 Å². The van der Waals surface area contributed by atoms with Gasteiger partial charge in [-0.2, -0.15) is 0 Å². The minimum atomic E-state index is 0.599. The van der Waals surface area contributed by atoms with Crippen LogP contribution < -0.4 is 14.8 Å². The van der Waals surface area contributed by atoms with Crippen LogP contribution in [0.3, 0.4) is 0 Å². The SMILES string of the molecule is CCN(CC)CCCNCc1ccc(OC)c(OC)c1Cl. The smallest absolute Gasteiger partial charge is 0.179 e. The van der Waals surface area contributed by atoms with Crippen molar-refractivity contribution in [3.63, 3.8) is 0 Å². The molecule has 0 spiro atoms. The van der Waals surface area contributed by atoms with Gasteiger partial charge >= 0.3 is 0 Å². The average Bonchev–Trinajstić information content (AvgIpc) is 2.51. The summed E-state index contributed by atoms with van der Waals surface area (Å²) in [6, 6.07) is 3.86. The van der Waals surface area contributed by atoms with Gasteiger partial charge in [-0.05, 0) is 44.2 Å². The molecule has 120 valence electrons. The number of nitrogens with zero attached hydrogens (tertiary/aromatic N) is 1. The standard InChI is InChI=1S/C16H27ClN2O2/c1-5-19(6-2)11-7-10-18-12-13-8-9-14(20-3)16(21-4)15(13)17/h8-9,18H,5-7,10-12H2,1-4H3. The molecule has 0 saturated carbocycles. The molecule has 0 fully saturated rings. The molecule has 1 aromatic rings. The molecule has 0 aliphatic rings. The minimum absolute atomic E-state index is 0.599. The predicted octanol–water partition coefficient (Wildman–Crippen LogP) is 3.18. The molecule has 0 amide bonds. The van der Waals surface area contributed by atoms with Crippen LogP contribution >= 0.6 is 11.6 Å². The number of halogens is 1. The van der Waals surface area contributed by atoms with Crippen LogP contribution in [0, 0.1) is 0 Å². The maximum absolute atomic E-state index is 6.35. The lowest BCUT2D eigenvalue weighted by atomic mass is 10.2. The molecule has 0 bridgehead atoms. The van der Waals surface area contributed by atoms with Gasteiger partial charge in [-0.25, -0.2) is 0 Å². The molecule has 0 unspecified atom stereocenters. The van der Waals surface area contributed by atoms with E-state index in [1.54, 1.807) is 14.2 Å². The summed E-state index contributed by atoms with van der Waals surface area (Å²) in [4.78, 5) is 2.42. The van der Waals surface area contributed by atoms with Crippen molar-refractivity contribution in [3.8, 4) is 11.5 Å². The van der Waals surface area contributed by atoms with Gasteiger partial charge in [-0.1, -0.05) is 31.5 Å². The molecule has 0 aliphatic carbocycles. The van der Waals surface area contributed by atoms with Gasteiger partial charge in [-0.3, -0.25) is 0 Å². The van der Waals surface area contributed by atoms with Gasteiger partial charge < -0.3 is 19.7 Å². The van der Waals surface area contributed by atoms with E-state index >= 15 is 0 Å². The van der Waals surface area contributed by atoms with E-state index in [0.29, 0.717) is 16.5 Å². The largest absolute Gasteiger partial charge is 0.493 e. The monoisotopic (exact) mass is 314 g/mol. The molecule has 0 atom stereocenters. The zero-order valence-electron chi connectivity index (χ0n) is 13.5. The number of methoxy groups -OCH3 is 2. The van der Waals surface area contributed by atoms with Gasteiger partial charge in [0.15, 0.2) is 11.5 Å². The molecule has 0 aromatic heterocycles. The summed E-state index contributed by atoms with van der Waals surface area (Å²) in [5, 5.41) is 4.05. The Kier molecular flexibility index (Phi) is 8.50. The Bertz CT molecular complexity index is 423. The van der Waals surface area contributed by atoms with Crippen molar-refractivity contribution in [1.82, 2.24) is 10.2 Å². The quantitative estimate of drug-likeness (QED) is 0.673. The van der Waals surface area contributed by atoms with E-state index in [1.807, 2.05) is 12.1 Å². The lowest BCUT2D eigenvalue weighted by Gasteiger charge is -2.18. The molecule has 1 rings (SSSR count). The van der Waals surface area contributed by atoms with E-state index in [-0.39, 0.29) is 0 Å². The summed E-state index contributed by atoms with van der Waals surface area (Å²) < 4.78 is 10.5. The van der Waals surface area contributed by atoms with Crippen molar-refractivity contribution in [1.29, 1.82) is 0 Å². The fourth-order valence-electron chi connectivity index (χ4n) is 2.26. The second-order valence-corrected chi connectivity index (χ2v) is 5.21. The molecular weight excluding hydrogens is 288 g/mol. The highest BCUT2D eigenvalue weighted by Gasteiger charge is 2.12. The molecular formula is C16H27ClN2O2. The first-order chi connectivity index (χ1) is 10.2. The average molecular weight is 315 g/mol. The van der Waals surface area contributed by atoms with Crippen molar-refractivity contribution >= 4 is 11.6 Å². The van der Waals surface area contributed by atoms with E-state index in [0.717, 1.165) is 44.7 Å². The number of hydrogen-bond acceptors (Lipinski definition) is 4. The van der Waals surface area contributed by atoms with E-state index in [4.69, 9.17) is 21.1 Å². The van der Waals surface area contributed by atoms with Gasteiger partial charge in [0.25, 0.3) is 0 Å². The van der Waals surface area contributed by atoms with E-state index < -0.39 is 0 Å². The highest BCUT2D eigenvalue weighted by Crippen LogP contribution is 2.37. The summed E-state index contributed by atoms with van der Waals surface area (Å²) in [5.41, 5.74) is 1.03. The maximum atomic E-state index is 6.35. The first-order valence-electron chi connectivity index (χ1n) is 7.50. The van der Waals surface area contributed by atoms with Gasteiger partial charge in [0, 0.05) is 6.54 Å². The molecule has 0 radical (unpaired) electrons. The number of rotatable bonds is 10. The van der Waals surface area contributed by atoms with Crippen LogP contribution in [0.15, 0.2) is 12.1 Å². The summed E-state index contributed by atoms with van der Waals surface area (Å²) in [6.45, 7) is 9.44. The molecule has 1 aromatic carbocycles. The van der Waals surface area contributed by atoms with Crippen molar-refractivity contribution in [2.24, 2.45) is 0 Å². The van der Waals surface area contributed by atoms with Gasteiger partial charge in [-0.15, -0.1) is 0 Å². The fraction of sp³-hybridized carbons (Fsp3) is 0.625. The molecule has 21 heavy (non-hydrogen) atoms. The van der Waals surface area contributed by atoms with Gasteiger partial charge in [0.1, 0.15) is 0 Å². The third kappa shape index (κ3) is 5.38. The maximum Gasteiger partial charge on any atom is 0.179 e. The van der Waals surface area contributed by atoms with E-state index in [9.17, 15) is 0 Å². The van der Waals surface area contributed by atoms with E-state index in [1.165, 1.54) is 0 Å². The van der Waals surface area contributed by atoms with Crippen LogP contribution in [0.5, 0.6) is 11.5 Å². The molecule has 4 nitrogen and oxygen atoms in total. The number of nitrogens with one attached hydrogen (secondary N) is 1. The Hall–Kier alpha value is -0.970. The Balaban J connectivity index is 2.46. The first kappa shape index (κ1) is 18.1. The van der Waals surface area contributed by atoms with Crippen LogP contribution in [-0.2, 0) is 6.54 Å². The second kappa shape index (κ2) is 9.87. The lowest BCUT2D eigenvalue weighted by molar-refractivity contribution is 0.298. The third-order valence-electron chi connectivity index (χ3n) is 3.60. The van der Waals surface area contributed by atoms with Crippen molar-refractivity contribution in [2.75, 3.05) is 40.4 Å². The van der Waals surface area contributed by atoms with Crippen molar-refractivity contribution in [3.05, 3.63) is 22.7 Å². The van der Waals surface area contributed by atoms with Crippen LogP contribution in [0.25, 0.3) is 0 Å². The van der Waals surface area contributed by atoms with Gasteiger partial charge in [0.05, 0.1) is 19.2 Å². The van der Waals surface area contributed by atoms with Gasteiger partial charge in [0.2, 0.25) is 0 Å². The highest BCUT2D eigenvalue weighted by molar-refractivity contribution is 6.33. The summed E-state index contributed by atoms with van der Waals surface area (Å²) >= 11 is 6.35. The molecule has 0 saturated heterocycles. The third-order valence-corrected chi connectivity index (χ3v) is 4.02. The Labute approximate surface area is 133 Å². The summed E-state index contributed by atoms with van der Waals surface area (Å²) in [5.74, 6) is 1.26. The normalized spacial score (nSPS) is 11.0. The Morgan fingerprint density at radius 1 is 1.14 bits per heavy atom. The lowest BCUT2D eigenvalue weighted by Crippen LogP contribution is -2.27.